The van der Waals surface area contributed by atoms with Gasteiger partial charge in [0.2, 0.25) is 0 Å². The van der Waals surface area contributed by atoms with Gasteiger partial charge in [-0.15, -0.1) is 0 Å². The smallest absolute Gasteiger partial charge is 0.298 e. The van der Waals surface area contributed by atoms with Crippen molar-refractivity contribution in [2.75, 3.05) is 39.2 Å². The minimum Gasteiger partial charge on any atom is -0.488 e. The molecule has 13 heteroatoms. The number of rotatable bonds is 13. The Bertz CT molecular complexity index is 1420. The summed E-state index contributed by atoms with van der Waals surface area (Å²) in [6, 6.07) is 8.04. The fourth-order valence-electron chi connectivity index (χ4n) is 3.74. The largest absolute Gasteiger partial charge is 0.488 e. The molecule has 2 aromatic carbocycles. The molecular formula is C29H30ClFN4O7. The number of halogens is 2. The van der Waals surface area contributed by atoms with Crippen LogP contribution in [0.3, 0.4) is 0 Å². The molecule has 2 heterocycles. The summed E-state index contributed by atoms with van der Waals surface area (Å²) >= 11 is 5.92. The van der Waals surface area contributed by atoms with E-state index in [4.69, 9.17) is 21.1 Å². The molecular weight excluding hydrogens is 571 g/mol. The Morgan fingerprint density at radius 3 is 2.57 bits per heavy atom. The monoisotopic (exact) mass is 600 g/mol. The molecule has 0 spiro atoms. The molecule has 11 nitrogen and oxygen atoms in total. The number of anilines is 2. The molecule has 0 saturated carbocycles. The van der Waals surface area contributed by atoms with E-state index in [1.165, 1.54) is 18.5 Å². The Morgan fingerprint density at radius 1 is 1.17 bits per heavy atom. The molecule has 1 atom stereocenters. The van der Waals surface area contributed by atoms with E-state index in [1.54, 1.807) is 12.1 Å². The number of allylic oxidation sites excluding steroid dienone is 1. The Morgan fingerprint density at radius 2 is 1.93 bits per heavy atom. The summed E-state index contributed by atoms with van der Waals surface area (Å²) in [4.78, 5) is 42.1. The van der Waals surface area contributed by atoms with Gasteiger partial charge in [-0.25, -0.2) is 14.4 Å². The zero-order valence-electron chi connectivity index (χ0n) is 23.0. The molecule has 1 saturated heterocycles. The highest BCUT2D eigenvalue weighted by molar-refractivity contribution is 6.31. The lowest BCUT2D eigenvalue weighted by molar-refractivity contribution is -0.126. The van der Waals surface area contributed by atoms with Gasteiger partial charge in [-0.2, -0.15) is 0 Å². The number of carbonyl (C=O) groups is 3. The molecule has 1 N–H and O–H groups in total. The van der Waals surface area contributed by atoms with Gasteiger partial charge in [-0.1, -0.05) is 17.7 Å². The van der Waals surface area contributed by atoms with Crippen LogP contribution in [-0.2, 0) is 35.0 Å². The Hall–Kier alpha value is -4.39. The Kier molecular flexibility index (Phi) is 12.8. The van der Waals surface area contributed by atoms with Gasteiger partial charge in [0, 0.05) is 42.1 Å². The average molecular weight is 601 g/mol. The lowest BCUT2D eigenvalue weighted by Crippen LogP contribution is -2.17. The van der Waals surface area contributed by atoms with Crippen LogP contribution in [0.15, 0.2) is 61.3 Å². The number of nitrogens with one attached hydrogen (secondary N) is 1. The van der Waals surface area contributed by atoms with Gasteiger partial charge in [0.1, 0.15) is 42.3 Å². The summed E-state index contributed by atoms with van der Waals surface area (Å²) in [6.07, 6.45) is 7.64. The number of hydrogen-bond donors (Lipinski definition) is 1. The van der Waals surface area contributed by atoms with Crippen molar-refractivity contribution in [1.29, 1.82) is 0 Å². The number of ketones is 1. The number of carbonyl (C=O) groups excluding carboxylic acids is 3. The van der Waals surface area contributed by atoms with E-state index in [1.807, 2.05) is 37.2 Å². The molecule has 4 rings (SSSR count). The minimum atomic E-state index is -0.499. The van der Waals surface area contributed by atoms with E-state index in [0.29, 0.717) is 47.9 Å². The van der Waals surface area contributed by atoms with Crippen molar-refractivity contribution in [3.05, 3.63) is 77.7 Å². The highest BCUT2D eigenvalue weighted by Crippen LogP contribution is 2.32. The van der Waals surface area contributed by atoms with Crippen molar-refractivity contribution in [2.24, 2.45) is 0 Å². The Balaban J connectivity index is 0.000000531. The van der Waals surface area contributed by atoms with Crippen LogP contribution in [0, 0.1) is 5.82 Å². The number of aromatic nitrogens is 2. The van der Waals surface area contributed by atoms with Gasteiger partial charge >= 0.3 is 0 Å². The van der Waals surface area contributed by atoms with Crippen molar-refractivity contribution >= 4 is 52.7 Å². The molecule has 1 aliphatic heterocycles. The fraction of sp³-hybridized carbons (Fsp3) is 0.276. The van der Waals surface area contributed by atoms with Gasteiger partial charge in [0.05, 0.1) is 23.8 Å². The van der Waals surface area contributed by atoms with Crippen LogP contribution >= 0.6 is 11.6 Å². The average Bonchev–Trinajstić information content (AvgIpc) is 3.47. The third kappa shape index (κ3) is 10.2. The van der Waals surface area contributed by atoms with Crippen molar-refractivity contribution in [3.63, 3.8) is 0 Å². The fourth-order valence-corrected chi connectivity index (χ4v) is 3.92. The van der Waals surface area contributed by atoms with E-state index in [9.17, 15) is 18.8 Å². The molecule has 0 radical (unpaired) electrons. The summed E-state index contributed by atoms with van der Waals surface area (Å²) in [7, 11) is 3.88. The molecule has 0 unspecified atom stereocenters. The summed E-state index contributed by atoms with van der Waals surface area (Å²) in [5.41, 5.74) is 1.96. The number of ether oxygens (including phenoxy) is 4. The number of hydrogen-bond acceptors (Lipinski definition) is 11. The van der Waals surface area contributed by atoms with Crippen LogP contribution in [0.5, 0.6) is 5.75 Å². The first kappa shape index (κ1) is 32.1. The normalized spacial score (nSPS) is 14.5. The van der Waals surface area contributed by atoms with Crippen LogP contribution in [0.4, 0.5) is 15.9 Å². The maximum atomic E-state index is 13.6. The first-order chi connectivity index (χ1) is 20.3. The predicted molar refractivity (Wildman–Crippen MR) is 154 cm³/mol. The summed E-state index contributed by atoms with van der Waals surface area (Å²) in [5.74, 6) is 0.582. The third-order valence-corrected chi connectivity index (χ3v) is 5.93. The minimum absolute atomic E-state index is 0.00799. The molecule has 1 aliphatic rings. The zero-order chi connectivity index (χ0) is 30.3. The van der Waals surface area contributed by atoms with Gasteiger partial charge in [-0.05, 0) is 44.4 Å². The van der Waals surface area contributed by atoms with Crippen molar-refractivity contribution in [3.8, 4) is 5.75 Å². The van der Waals surface area contributed by atoms with Crippen LogP contribution in [0.25, 0.3) is 10.9 Å². The highest BCUT2D eigenvalue weighted by Gasteiger charge is 2.21. The second-order valence-corrected chi connectivity index (χ2v) is 9.51. The second kappa shape index (κ2) is 16.8. The van der Waals surface area contributed by atoms with Gasteiger partial charge in [0.25, 0.3) is 12.9 Å². The Labute approximate surface area is 246 Å². The first-order valence-corrected chi connectivity index (χ1v) is 13.1. The molecule has 1 fully saturated rings. The van der Waals surface area contributed by atoms with Gasteiger partial charge < -0.3 is 29.2 Å². The molecule has 0 amide bonds. The van der Waals surface area contributed by atoms with Crippen molar-refractivity contribution in [2.45, 2.75) is 18.9 Å². The predicted octanol–water partition coefficient (Wildman–Crippen LogP) is 4.37. The topological polar surface area (TPSA) is 129 Å². The summed E-state index contributed by atoms with van der Waals surface area (Å²) in [6.45, 7) is 2.26. The number of benzene rings is 2. The lowest BCUT2D eigenvalue weighted by atomic mass is 10.0. The lowest BCUT2D eigenvalue weighted by Gasteiger charge is -2.17. The standard InChI is InChI=1S/C25H26ClFN4O3.C4H4O4/c1-31(2)8-3-4-18(32)10-16-11-20-23(13-24(16)34-19-7-9-33-14-19)28-15-29-25(20)30-17-5-6-22(27)21(26)12-17;5-3-7-1-2-8-4-6/h3-6,11-13,15,19H,7-10,14H2,1-2H3,(H,28,29,30);1-4H/b4-3+;2-1-/t19-;/m0./s1. The summed E-state index contributed by atoms with van der Waals surface area (Å²) < 4.78 is 33.2. The quantitative estimate of drug-likeness (QED) is 0.171. The van der Waals surface area contributed by atoms with E-state index in [0.717, 1.165) is 24.5 Å². The van der Waals surface area contributed by atoms with Crippen molar-refractivity contribution in [1.82, 2.24) is 14.9 Å². The van der Waals surface area contributed by atoms with E-state index < -0.39 is 5.82 Å². The van der Waals surface area contributed by atoms with Gasteiger partial charge in [-0.3, -0.25) is 14.4 Å². The second-order valence-electron chi connectivity index (χ2n) is 9.10. The van der Waals surface area contributed by atoms with E-state index in [2.05, 4.69) is 24.8 Å². The van der Waals surface area contributed by atoms with Crippen LogP contribution in [0.1, 0.15) is 12.0 Å². The molecule has 0 bridgehead atoms. The van der Waals surface area contributed by atoms with Gasteiger partial charge in [0.15, 0.2) is 5.78 Å². The third-order valence-electron chi connectivity index (χ3n) is 5.64. The number of likely N-dealkylation sites (N-methyl/N-ethyl adjacent to an activating group) is 1. The highest BCUT2D eigenvalue weighted by atomic mass is 35.5. The molecule has 1 aromatic heterocycles. The van der Waals surface area contributed by atoms with Crippen LogP contribution in [0.2, 0.25) is 5.02 Å². The van der Waals surface area contributed by atoms with Crippen LogP contribution < -0.4 is 10.1 Å². The first-order valence-electron chi connectivity index (χ1n) is 12.7. The zero-order valence-corrected chi connectivity index (χ0v) is 23.8. The van der Waals surface area contributed by atoms with E-state index >= 15 is 0 Å². The SMILES string of the molecule is CN(C)C/C=C/C(=O)Cc1cc2c(Nc3ccc(F)c(Cl)c3)ncnc2cc1O[C@H]1CCOC1.O=CO/C=C\OC=O. The molecule has 222 valence electrons. The summed E-state index contributed by atoms with van der Waals surface area (Å²) in [5, 5.41) is 3.88. The maximum absolute atomic E-state index is 13.6. The molecule has 3 aromatic rings. The van der Waals surface area contributed by atoms with Crippen LogP contribution in [-0.4, -0.2) is 73.6 Å². The molecule has 42 heavy (non-hydrogen) atoms. The maximum Gasteiger partial charge on any atom is 0.298 e. The van der Waals surface area contributed by atoms with E-state index in [-0.39, 0.29) is 36.3 Å². The molecule has 0 aliphatic carbocycles. The number of fused-ring (bicyclic) bond motifs is 1. The van der Waals surface area contributed by atoms with Crippen molar-refractivity contribution < 1.29 is 37.7 Å². The number of nitrogens with zero attached hydrogens (tertiary/aromatic N) is 3.